The van der Waals surface area contributed by atoms with Crippen molar-refractivity contribution < 1.29 is 9.29 Å². The molecule has 0 spiro atoms. The lowest BCUT2D eigenvalue weighted by molar-refractivity contribution is -0.931. The van der Waals surface area contributed by atoms with Gasteiger partial charge in [0.05, 0.1) is 18.8 Å². The molecular formula is C15H20FN4S2+. The maximum Gasteiger partial charge on any atom is 0.209 e. The molecule has 3 rings (SSSR count). The van der Waals surface area contributed by atoms with Crippen LogP contribution in [-0.4, -0.2) is 22.9 Å². The first kappa shape index (κ1) is 15.6. The highest BCUT2D eigenvalue weighted by atomic mass is 32.1. The molecule has 0 aliphatic carbocycles. The summed E-state index contributed by atoms with van der Waals surface area (Å²) in [6.07, 6.45) is 2.57. The van der Waals surface area contributed by atoms with Crippen LogP contribution >= 0.6 is 23.6 Å². The van der Waals surface area contributed by atoms with E-state index in [9.17, 15) is 4.39 Å². The molecule has 1 aliphatic heterocycles. The van der Waals surface area contributed by atoms with E-state index in [-0.39, 0.29) is 5.82 Å². The Labute approximate surface area is 138 Å². The summed E-state index contributed by atoms with van der Waals surface area (Å²) >= 11 is 6.77. The number of piperidine rings is 1. The molecule has 1 aromatic heterocycles. The second-order valence-corrected chi connectivity index (χ2v) is 7.51. The molecule has 2 N–H and O–H groups in total. The summed E-state index contributed by atoms with van der Waals surface area (Å²) in [5.41, 5.74) is 0.428. The predicted molar refractivity (Wildman–Crippen MR) is 89.7 cm³/mol. The topological polar surface area (TPSA) is 34.3 Å². The standard InChI is InChI=1S/C15H19FN4S2/c1-11-5-4-8-19(9-11)10-20-15(21)22-14(18-20)17-13-7-3-2-6-12(13)16/h2-3,6-7,11H,4-5,8-10H2,1H3,(H,17,18)/p+1/t11-/m1/s1. The number of benzene rings is 1. The van der Waals surface area contributed by atoms with Crippen molar-refractivity contribution in [3.8, 4) is 0 Å². The molecule has 22 heavy (non-hydrogen) atoms. The maximum absolute atomic E-state index is 13.7. The Hall–Kier alpha value is -1.31. The molecule has 1 aliphatic rings. The lowest BCUT2D eigenvalue weighted by Crippen LogP contribution is -3.12. The van der Waals surface area contributed by atoms with E-state index in [1.165, 1.54) is 41.7 Å². The predicted octanol–water partition coefficient (Wildman–Crippen LogP) is 2.83. The first-order chi connectivity index (χ1) is 10.6. The highest BCUT2D eigenvalue weighted by molar-refractivity contribution is 7.73. The fraction of sp³-hybridized carbons (Fsp3) is 0.467. The first-order valence-corrected chi connectivity index (χ1v) is 8.77. The Balaban J connectivity index is 1.71. The minimum atomic E-state index is -0.286. The minimum absolute atomic E-state index is 0.286. The molecule has 4 nitrogen and oxygen atoms in total. The van der Waals surface area contributed by atoms with Crippen molar-refractivity contribution >= 4 is 34.4 Å². The number of aromatic nitrogens is 2. The van der Waals surface area contributed by atoms with Gasteiger partial charge in [0, 0.05) is 5.92 Å². The number of nitrogens with one attached hydrogen (secondary N) is 2. The summed E-state index contributed by atoms with van der Waals surface area (Å²) in [5, 5.41) is 8.15. The normalized spacial score (nSPS) is 21.7. The van der Waals surface area contributed by atoms with Gasteiger partial charge in [0.15, 0.2) is 10.6 Å². The van der Waals surface area contributed by atoms with Gasteiger partial charge in [-0.15, -0.1) is 5.10 Å². The summed E-state index contributed by atoms with van der Waals surface area (Å²) in [5.74, 6) is 0.471. The third-order valence-electron chi connectivity index (χ3n) is 3.96. The third kappa shape index (κ3) is 3.71. The molecule has 2 aromatic rings. The van der Waals surface area contributed by atoms with Crippen LogP contribution in [0.15, 0.2) is 24.3 Å². The Kier molecular flexibility index (Phi) is 4.85. The molecule has 1 saturated heterocycles. The Morgan fingerprint density at radius 1 is 1.50 bits per heavy atom. The van der Waals surface area contributed by atoms with Crippen LogP contribution in [0, 0.1) is 15.7 Å². The molecule has 2 atom stereocenters. The molecule has 0 amide bonds. The Morgan fingerprint density at radius 3 is 3.09 bits per heavy atom. The monoisotopic (exact) mass is 339 g/mol. The molecule has 118 valence electrons. The summed E-state index contributed by atoms with van der Waals surface area (Å²) in [6, 6.07) is 6.59. The van der Waals surface area contributed by atoms with Gasteiger partial charge in [-0.05, 0) is 37.2 Å². The van der Waals surface area contributed by atoms with Gasteiger partial charge in [-0.3, -0.25) is 0 Å². The van der Waals surface area contributed by atoms with Crippen LogP contribution in [0.5, 0.6) is 0 Å². The van der Waals surface area contributed by atoms with Crippen LogP contribution < -0.4 is 10.2 Å². The average molecular weight is 339 g/mol. The van der Waals surface area contributed by atoms with Crippen LogP contribution in [-0.2, 0) is 6.67 Å². The van der Waals surface area contributed by atoms with Gasteiger partial charge in [0.1, 0.15) is 5.82 Å². The van der Waals surface area contributed by atoms with Crippen LogP contribution in [0.2, 0.25) is 0 Å². The number of nitrogens with zero attached hydrogens (tertiary/aromatic N) is 2. The fourth-order valence-corrected chi connectivity index (χ4v) is 3.91. The smallest absolute Gasteiger partial charge is 0.209 e. The molecule has 1 aromatic carbocycles. The number of hydrogen-bond donors (Lipinski definition) is 2. The van der Waals surface area contributed by atoms with Crippen LogP contribution in [0.3, 0.4) is 0 Å². The second kappa shape index (κ2) is 6.85. The highest BCUT2D eigenvalue weighted by Gasteiger charge is 2.20. The summed E-state index contributed by atoms with van der Waals surface area (Å²) < 4.78 is 16.3. The van der Waals surface area contributed by atoms with Gasteiger partial charge in [-0.1, -0.05) is 30.4 Å². The Morgan fingerprint density at radius 2 is 2.32 bits per heavy atom. The number of hydrogen-bond acceptors (Lipinski definition) is 4. The highest BCUT2D eigenvalue weighted by Crippen LogP contribution is 2.22. The number of quaternary nitrogens is 1. The number of para-hydroxylation sites is 1. The van der Waals surface area contributed by atoms with E-state index in [0.717, 1.165) is 23.1 Å². The van der Waals surface area contributed by atoms with Crippen molar-refractivity contribution in [2.45, 2.75) is 26.4 Å². The van der Waals surface area contributed by atoms with Crippen molar-refractivity contribution in [1.82, 2.24) is 9.78 Å². The zero-order valence-electron chi connectivity index (χ0n) is 12.5. The van der Waals surface area contributed by atoms with Gasteiger partial charge in [-0.2, -0.15) is 4.68 Å². The largest absolute Gasteiger partial charge is 0.328 e. The van der Waals surface area contributed by atoms with Crippen molar-refractivity contribution in [2.75, 3.05) is 18.4 Å². The average Bonchev–Trinajstić information content (AvgIpc) is 2.81. The molecular weight excluding hydrogens is 319 g/mol. The minimum Gasteiger partial charge on any atom is -0.328 e. The molecule has 0 bridgehead atoms. The molecule has 1 unspecified atom stereocenters. The van der Waals surface area contributed by atoms with Crippen molar-refractivity contribution in [3.63, 3.8) is 0 Å². The number of halogens is 1. The van der Waals surface area contributed by atoms with E-state index in [1.54, 1.807) is 18.2 Å². The quantitative estimate of drug-likeness (QED) is 0.841. The summed E-state index contributed by atoms with van der Waals surface area (Å²) in [7, 11) is 0. The van der Waals surface area contributed by atoms with Crippen LogP contribution in [0.1, 0.15) is 19.8 Å². The number of rotatable bonds is 4. The fourth-order valence-electron chi connectivity index (χ4n) is 2.89. The van der Waals surface area contributed by atoms with Crippen molar-refractivity contribution in [2.24, 2.45) is 5.92 Å². The van der Waals surface area contributed by atoms with E-state index >= 15 is 0 Å². The van der Waals surface area contributed by atoms with E-state index in [1.807, 2.05) is 4.68 Å². The summed E-state index contributed by atoms with van der Waals surface area (Å²) in [6.45, 7) is 5.42. The van der Waals surface area contributed by atoms with Crippen molar-refractivity contribution in [3.05, 3.63) is 34.0 Å². The van der Waals surface area contributed by atoms with Gasteiger partial charge in [0.25, 0.3) is 0 Å². The zero-order valence-corrected chi connectivity index (χ0v) is 14.1. The van der Waals surface area contributed by atoms with Gasteiger partial charge in [0.2, 0.25) is 5.13 Å². The SMILES string of the molecule is C[C@@H]1CCC[NH+](Cn2nc(Nc3ccccc3F)sc2=S)C1. The van der Waals surface area contributed by atoms with E-state index in [2.05, 4.69) is 17.3 Å². The first-order valence-electron chi connectivity index (χ1n) is 7.55. The van der Waals surface area contributed by atoms with E-state index in [4.69, 9.17) is 12.2 Å². The third-order valence-corrected chi connectivity index (χ3v) is 5.18. The van der Waals surface area contributed by atoms with Crippen molar-refractivity contribution in [1.29, 1.82) is 0 Å². The molecule has 1 fully saturated rings. The maximum atomic E-state index is 13.7. The number of likely N-dealkylation sites (tertiary alicyclic amines) is 1. The Bertz CT molecular complexity index is 697. The lowest BCUT2D eigenvalue weighted by Gasteiger charge is -2.27. The molecule has 7 heteroatoms. The van der Waals surface area contributed by atoms with Crippen LogP contribution in [0.25, 0.3) is 0 Å². The second-order valence-electron chi connectivity index (χ2n) is 5.89. The van der Waals surface area contributed by atoms with Gasteiger partial charge >= 0.3 is 0 Å². The van der Waals surface area contributed by atoms with Gasteiger partial charge in [-0.25, -0.2) is 4.39 Å². The molecule has 2 heterocycles. The summed E-state index contributed by atoms with van der Waals surface area (Å²) in [4.78, 5) is 1.51. The molecule has 0 radical (unpaired) electrons. The van der Waals surface area contributed by atoms with Gasteiger partial charge < -0.3 is 10.2 Å². The lowest BCUT2D eigenvalue weighted by atomic mass is 10.0. The van der Waals surface area contributed by atoms with E-state index in [0.29, 0.717) is 10.8 Å². The van der Waals surface area contributed by atoms with Crippen LogP contribution in [0.4, 0.5) is 15.2 Å². The number of anilines is 2. The zero-order chi connectivity index (χ0) is 15.5. The van der Waals surface area contributed by atoms with E-state index < -0.39 is 0 Å². The molecule has 0 saturated carbocycles.